The Labute approximate surface area is 289 Å². The van der Waals surface area contributed by atoms with Crippen molar-refractivity contribution in [2.75, 3.05) is 13.2 Å². The maximum Gasteiger partial charge on any atom is 0.397 e. The second-order valence-corrected chi connectivity index (χ2v) is 14.4. The average molecular weight is 714 g/mol. The number of unbranched alkanes of at least 4 members (excludes halogenated alkanes) is 17. The first-order valence-electron chi connectivity index (χ1n) is 18.5. The highest BCUT2D eigenvalue weighted by Gasteiger charge is 2.48. The van der Waals surface area contributed by atoms with Crippen LogP contribution in [0.5, 0.6) is 0 Å². The van der Waals surface area contributed by atoms with Crippen LogP contribution in [-0.4, -0.2) is 107 Å². The van der Waals surface area contributed by atoms with Crippen molar-refractivity contribution in [2.24, 2.45) is 0 Å². The van der Waals surface area contributed by atoms with Crippen LogP contribution in [0, 0.1) is 0 Å². The summed E-state index contributed by atoms with van der Waals surface area (Å²) in [5.41, 5.74) is 0. The summed E-state index contributed by atoms with van der Waals surface area (Å²) in [6.45, 7) is 3.18. The Morgan fingerprint density at radius 2 is 1.21 bits per heavy atom. The number of ether oxygens (including phenoxy) is 2. The highest BCUT2D eigenvalue weighted by Crippen LogP contribution is 2.26. The molecule has 1 aliphatic heterocycles. The first kappa shape index (κ1) is 45.1. The lowest BCUT2D eigenvalue weighted by molar-refractivity contribution is -0.298. The van der Waals surface area contributed by atoms with E-state index in [1.54, 1.807) is 0 Å². The van der Waals surface area contributed by atoms with Crippen molar-refractivity contribution in [1.82, 2.24) is 5.32 Å². The van der Waals surface area contributed by atoms with Gasteiger partial charge >= 0.3 is 10.4 Å². The van der Waals surface area contributed by atoms with Gasteiger partial charge in [-0.15, -0.1) is 0 Å². The number of carbonyl (C=O) groups excluding carboxylic acids is 1. The molecule has 8 unspecified atom stereocenters. The number of aliphatic hydroxyl groups excluding tert-OH is 5. The molecule has 48 heavy (non-hydrogen) atoms. The fraction of sp³-hybridized carbons (Fsp3) is 0.971. The Hall–Kier alpha value is -0.940. The number of nitrogens with one attached hydrogen (secondary N) is 1. The van der Waals surface area contributed by atoms with Gasteiger partial charge in [0.2, 0.25) is 5.91 Å². The van der Waals surface area contributed by atoms with E-state index in [0.717, 1.165) is 38.5 Å². The van der Waals surface area contributed by atoms with Gasteiger partial charge in [-0.2, -0.15) is 8.42 Å². The second-order valence-electron chi connectivity index (χ2n) is 13.3. The largest absolute Gasteiger partial charge is 0.397 e. The summed E-state index contributed by atoms with van der Waals surface area (Å²) in [5.74, 6) is -0.674. The van der Waals surface area contributed by atoms with Gasteiger partial charge in [0.1, 0.15) is 30.5 Å². The second kappa shape index (κ2) is 26.8. The molecule has 1 amide bonds. The molecule has 0 aromatic carbocycles. The van der Waals surface area contributed by atoms with Crippen LogP contribution in [0.15, 0.2) is 0 Å². The average Bonchev–Trinajstić information content (AvgIpc) is 3.05. The molecule has 13 nitrogen and oxygen atoms in total. The lowest BCUT2D eigenvalue weighted by atomic mass is 9.99. The number of amides is 1. The normalized spacial score (nSPS) is 23.5. The van der Waals surface area contributed by atoms with E-state index in [4.69, 9.17) is 14.0 Å². The number of rotatable bonds is 30. The monoisotopic (exact) mass is 713 g/mol. The molecule has 0 aromatic heterocycles. The molecule has 286 valence electrons. The topological polar surface area (TPSA) is 212 Å². The smallest absolute Gasteiger partial charge is 0.394 e. The standard InChI is InChI=1S/C34H67NO12S/c1-3-5-7-9-11-13-15-16-18-20-22-27(37)26(35-33(41)28(38)23-21-19-17-14-12-10-8-6-4-2)25-45-34-31(40)32(47-48(42,43)44)30(39)29(24-36)46-34/h26-32,34,36-40H,3-25H2,1-2H3,(H,35,41)(H,42,43,44). The Morgan fingerprint density at radius 3 is 1.67 bits per heavy atom. The van der Waals surface area contributed by atoms with Crippen LogP contribution >= 0.6 is 0 Å². The highest BCUT2D eigenvalue weighted by molar-refractivity contribution is 7.80. The van der Waals surface area contributed by atoms with E-state index in [9.17, 15) is 38.7 Å². The summed E-state index contributed by atoms with van der Waals surface area (Å²) in [5, 5.41) is 54.8. The molecule has 0 spiro atoms. The first-order valence-corrected chi connectivity index (χ1v) is 19.9. The summed E-state index contributed by atoms with van der Waals surface area (Å²) in [6.07, 6.45) is 10.5. The number of hydrogen-bond donors (Lipinski definition) is 7. The molecular weight excluding hydrogens is 646 g/mol. The van der Waals surface area contributed by atoms with Crippen molar-refractivity contribution < 1.29 is 57.0 Å². The van der Waals surface area contributed by atoms with Gasteiger partial charge in [0.25, 0.3) is 0 Å². The molecular formula is C34H67NO12S. The van der Waals surface area contributed by atoms with Crippen molar-refractivity contribution in [1.29, 1.82) is 0 Å². The van der Waals surface area contributed by atoms with Gasteiger partial charge in [-0.1, -0.05) is 136 Å². The van der Waals surface area contributed by atoms with E-state index in [-0.39, 0.29) is 6.42 Å². The minimum Gasteiger partial charge on any atom is -0.394 e. The van der Waals surface area contributed by atoms with Gasteiger partial charge in [0.05, 0.1) is 25.4 Å². The summed E-state index contributed by atoms with van der Waals surface area (Å²) in [4.78, 5) is 12.9. The SMILES string of the molecule is CCCCCCCCCCCCC(O)C(COC1OC(CO)C(O)C(OS(=O)(=O)O)C1O)NC(=O)C(O)CCCCCCCCCCC. The third-order valence-electron chi connectivity index (χ3n) is 9.02. The van der Waals surface area contributed by atoms with Crippen molar-refractivity contribution in [3.63, 3.8) is 0 Å². The van der Waals surface area contributed by atoms with E-state index in [1.807, 2.05) is 0 Å². The summed E-state index contributed by atoms with van der Waals surface area (Å²) < 4.78 is 47.2. The van der Waals surface area contributed by atoms with Crippen LogP contribution in [0.25, 0.3) is 0 Å². The van der Waals surface area contributed by atoms with Crippen LogP contribution in [0.3, 0.4) is 0 Å². The molecule has 1 heterocycles. The van der Waals surface area contributed by atoms with Gasteiger partial charge in [-0.05, 0) is 12.8 Å². The zero-order valence-electron chi connectivity index (χ0n) is 29.4. The van der Waals surface area contributed by atoms with Crippen LogP contribution < -0.4 is 5.32 Å². The molecule has 1 saturated heterocycles. The highest BCUT2D eigenvalue weighted by atomic mass is 32.3. The Bertz CT molecular complexity index is 911. The molecule has 0 aliphatic carbocycles. The van der Waals surface area contributed by atoms with Crippen molar-refractivity contribution in [3.8, 4) is 0 Å². The lowest BCUT2D eigenvalue weighted by Crippen LogP contribution is -2.61. The summed E-state index contributed by atoms with van der Waals surface area (Å²) in [6, 6.07) is -1.02. The van der Waals surface area contributed by atoms with Crippen molar-refractivity contribution >= 4 is 16.3 Å². The maximum absolute atomic E-state index is 12.9. The predicted octanol–water partition coefficient (Wildman–Crippen LogP) is 4.07. The fourth-order valence-electron chi connectivity index (χ4n) is 5.99. The molecule has 14 heteroatoms. The van der Waals surface area contributed by atoms with Gasteiger partial charge in [0.15, 0.2) is 6.29 Å². The predicted molar refractivity (Wildman–Crippen MR) is 182 cm³/mol. The number of hydrogen-bond acceptors (Lipinski definition) is 11. The number of aliphatic hydroxyl groups is 5. The molecule has 0 aromatic rings. The molecule has 7 N–H and O–H groups in total. The van der Waals surface area contributed by atoms with Gasteiger partial charge in [-0.3, -0.25) is 9.35 Å². The first-order chi connectivity index (χ1) is 22.9. The Kier molecular flexibility index (Phi) is 25.2. The zero-order chi connectivity index (χ0) is 35.8. The Balaban J connectivity index is 2.72. The number of carbonyl (C=O) groups is 1. The lowest BCUT2D eigenvalue weighted by Gasteiger charge is -2.41. The van der Waals surface area contributed by atoms with E-state index in [0.29, 0.717) is 19.3 Å². The quantitative estimate of drug-likeness (QED) is 0.0415. The summed E-state index contributed by atoms with van der Waals surface area (Å²) >= 11 is 0. The van der Waals surface area contributed by atoms with E-state index >= 15 is 0 Å². The third kappa shape index (κ3) is 20.0. The van der Waals surface area contributed by atoms with Gasteiger partial charge in [0, 0.05) is 0 Å². The van der Waals surface area contributed by atoms with Gasteiger partial charge < -0.3 is 40.3 Å². The Morgan fingerprint density at radius 1 is 0.750 bits per heavy atom. The van der Waals surface area contributed by atoms with E-state index in [1.165, 1.54) is 70.6 Å². The van der Waals surface area contributed by atoms with Gasteiger partial charge in [-0.25, -0.2) is 4.18 Å². The fourth-order valence-corrected chi connectivity index (χ4v) is 6.50. The molecule has 1 fully saturated rings. The van der Waals surface area contributed by atoms with Crippen LogP contribution in [0.4, 0.5) is 0 Å². The summed E-state index contributed by atoms with van der Waals surface area (Å²) in [7, 11) is -5.10. The maximum atomic E-state index is 12.9. The molecule has 0 bridgehead atoms. The van der Waals surface area contributed by atoms with Crippen LogP contribution in [0.1, 0.15) is 149 Å². The minimum atomic E-state index is -5.10. The van der Waals surface area contributed by atoms with E-state index < -0.39 is 78.5 Å². The molecule has 1 aliphatic rings. The van der Waals surface area contributed by atoms with Crippen molar-refractivity contribution in [2.45, 2.75) is 198 Å². The molecule has 8 atom stereocenters. The van der Waals surface area contributed by atoms with E-state index in [2.05, 4.69) is 23.3 Å². The zero-order valence-corrected chi connectivity index (χ0v) is 30.2. The molecule has 0 saturated carbocycles. The van der Waals surface area contributed by atoms with Crippen molar-refractivity contribution in [3.05, 3.63) is 0 Å². The minimum absolute atomic E-state index is 0.263. The van der Waals surface area contributed by atoms with Crippen LogP contribution in [-0.2, 0) is 28.9 Å². The third-order valence-corrected chi connectivity index (χ3v) is 9.49. The molecule has 1 rings (SSSR count). The molecule has 0 radical (unpaired) electrons. The van der Waals surface area contributed by atoms with Crippen LogP contribution in [0.2, 0.25) is 0 Å².